The molecule has 0 aromatic carbocycles. The fourth-order valence-electron chi connectivity index (χ4n) is 3.32. The van der Waals surface area contributed by atoms with Crippen molar-refractivity contribution in [2.24, 2.45) is 0 Å². The number of hydrogen-bond donors (Lipinski definition) is 2. The predicted octanol–water partition coefficient (Wildman–Crippen LogP) is 4.24. The zero-order chi connectivity index (χ0) is 21.0. The van der Waals surface area contributed by atoms with Crippen molar-refractivity contribution in [2.75, 3.05) is 26.8 Å². The van der Waals surface area contributed by atoms with E-state index in [0.717, 1.165) is 51.7 Å². The highest BCUT2D eigenvalue weighted by Crippen LogP contribution is 2.15. The second-order valence-corrected chi connectivity index (χ2v) is 7.73. The molecule has 0 aliphatic carbocycles. The van der Waals surface area contributed by atoms with Crippen molar-refractivity contribution >= 4 is 11.8 Å². The Balaban J connectivity index is 1.75. The molecule has 6 heteroatoms. The molecule has 0 spiro atoms. The van der Waals surface area contributed by atoms with Gasteiger partial charge in [0.05, 0.1) is 0 Å². The molecule has 2 amide bonds. The number of nitrogens with one attached hydrogen (secondary N) is 2. The minimum absolute atomic E-state index is 0.0618. The molecular weight excluding hydrogens is 368 g/mol. The van der Waals surface area contributed by atoms with Crippen molar-refractivity contribution in [2.45, 2.75) is 96.2 Å². The number of likely N-dealkylation sites (N-methyl/N-ethyl adjacent to an activating group) is 1. The van der Waals surface area contributed by atoms with E-state index >= 15 is 0 Å². The average molecular weight is 411 g/mol. The topological polar surface area (TPSA) is 76.7 Å². The summed E-state index contributed by atoms with van der Waals surface area (Å²) in [5.74, 6) is -1.13. The van der Waals surface area contributed by atoms with Gasteiger partial charge in [-0.15, -0.1) is 0 Å². The van der Waals surface area contributed by atoms with Crippen LogP contribution >= 0.6 is 0 Å². The molecule has 1 heterocycles. The van der Waals surface area contributed by atoms with E-state index in [1.807, 2.05) is 0 Å². The largest absolute Gasteiger partial charge is 0.353 e. The van der Waals surface area contributed by atoms with E-state index in [2.05, 4.69) is 22.8 Å². The minimum atomic E-state index is -0.580. The summed E-state index contributed by atoms with van der Waals surface area (Å²) in [4.78, 5) is 22.2. The second kappa shape index (κ2) is 18.6. The van der Waals surface area contributed by atoms with E-state index in [0.29, 0.717) is 6.54 Å². The number of rotatable bonds is 16. The normalized spacial score (nSPS) is 16.8. The van der Waals surface area contributed by atoms with Crippen molar-refractivity contribution in [1.29, 1.82) is 0 Å². The number of amides is 2. The van der Waals surface area contributed by atoms with Crippen LogP contribution in [0, 0.1) is 0 Å². The van der Waals surface area contributed by atoms with Gasteiger partial charge in [-0.3, -0.25) is 9.59 Å². The molecule has 0 aromatic heterocycles. The number of carbonyl (C=O) groups is 2. The van der Waals surface area contributed by atoms with Crippen molar-refractivity contribution in [3.8, 4) is 0 Å². The Hall–Kier alpha value is -1.40. The maximum atomic E-state index is 11.2. The van der Waals surface area contributed by atoms with Crippen LogP contribution in [-0.4, -0.2) is 44.9 Å². The first-order chi connectivity index (χ1) is 14.2. The summed E-state index contributed by atoms with van der Waals surface area (Å²) in [5.41, 5.74) is 0. The first-order valence-corrected chi connectivity index (χ1v) is 11.6. The molecule has 6 nitrogen and oxygen atoms in total. The summed E-state index contributed by atoms with van der Waals surface area (Å²) in [6.45, 7) is 2.26. The van der Waals surface area contributed by atoms with Crippen LogP contribution in [-0.2, 0) is 19.1 Å². The lowest BCUT2D eigenvalue weighted by Gasteiger charge is -2.22. The predicted molar refractivity (Wildman–Crippen MR) is 117 cm³/mol. The Morgan fingerprint density at radius 3 is 2.21 bits per heavy atom. The highest BCUT2D eigenvalue weighted by molar-refractivity contribution is 6.34. The number of carbonyl (C=O) groups excluding carboxylic acids is 2. The quantitative estimate of drug-likeness (QED) is 0.227. The van der Waals surface area contributed by atoms with E-state index < -0.39 is 11.8 Å². The molecule has 0 aromatic rings. The van der Waals surface area contributed by atoms with Crippen LogP contribution < -0.4 is 10.6 Å². The third kappa shape index (κ3) is 15.1. The standard InChI is InChI=1S/C23H42N2O4/c1-24-22(26)23(27)25-18-14-11-9-7-5-3-2-4-6-8-10-12-15-19-28-21-17-13-16-20-29-21/h5,7,21H,2-4,6,8-20H2,1H3,(H,24,26)(H,25,27)/b7-5-. The van der Waals surface area contributed by atoms with Gasteiger partial charge in [0.1, 0.15) is 0 Å². The SMILES string of the molecule is CNC(=O)C(=O)NCCCC/C=C\CCCCCCCCCOC1CCCCO1. The molecule has 168 valence electrons. The highest BCUT2D eigenvalue weighted by atomic mass is 16.7. The van der Waals surface area contributed by atoms with Gasteiger partial charge in [0.15, 0.2) is 6.29 Å². The van der Waals surface area contributed by atoms with E-state index in [4.69, 9.17) is 9.47 Å². The van der Waals surface area contributed by atoms with Gasteiger partial charge in [-0.2, -0.15) is 0 Å². The smallest absolute Gasteiger partial charge is 0.309 e. The van der Waals surface area contributed by atoms with Crippen LogP contribution in [0.1, 0.15) is 89.9 Å². The summed E-state index contributed by atoms with van der Waals surface area (Å²) in [6, 6.07) is 0. The molecule has 1 fully saturated rings. The Bertz CT molecular complexity index is 448. The number of allylic oxidation sites excluding steroid dienone is 2. The molecule has 2 N–H and O–H groups in total. The Morgan fingerprint density at radius 2 is 1.55 bits per heavy atom. The summed E-state index contributed by atoms with van der Waals surface area (Å²) in [6.07, 6.45) is 21.1. The zero-order valence-corrected chi connectivity index (χ0v) is 18.4. The molecule has 1 aliphatic heterocycles. The van der Waals surface area contributed by atoms with Crippen LogP contribution in [0.4, 0.5) is 0 Å². The zero-order valence-electron chi connectivity index (χ0n) is 18.4. The first-order valence-electron chi connectivity index (χ1n) is 11.6. The van der Waals surface area contributed by atoms with Crippen LogP contribution in [0.2, 0.25) is 0 Å². The van der Waals surface area contributed by atoms with Gasteiger partial charge < -0.3 is 20.1 Å². The van der Waals surface area contributed by atoms with Crippen LogP contribution in [0.25, 0.3) is 0 Å². The Labute approximate surface area is 177 Å². The molecule has 1 rings (SSSR count). The van der Waals surface area contributed by atoms with Crippen molar-refractivity contribution in [1.82, 2.24) is 10.6 Å². The second-order valence-electron chi connectivity index (χ2n) is 7.73. The summed E-state index contributed by atoms with van der Waals surface area (Å²) in [7, 11) is 1.46. The average Bonchev–Trinajstić information content (AvgIpc) is 2.75. The van der Waals surface area contributed by atoms with Gasteiger partial charge in [-0.1, -0.05) is 44.3 Å². The van der Waals surface area contributed by atoms with Gasteiger partial charge in [-0.25, -0.2) is 0 Å². The van der Waals surface area contributed by atoms with Gasteiger partial charge in [0.25, 0.3) is 0 Å². The van der Waals surface area contributed by atoms with Gasteiger partial charge in [0, 0.05) is 26.8 Å². The summed E-state index contributed by atoms with van der Waals surface area (Å²) < 4.78 is 11.3. The summed E-state index contributed by atoms with van der Waals surface area (Å²) in [5, 5.41) is 4.92. The Kier molecular flexibility index (Phi) is 16.5. The highest BCUT2D eigenvalue weighted by Gasteiger charge is 2.13. The van der Waals surface area contributed by atoms with E-state index in [9.17, 15) is 9.59 Å². The van der Waals surface area contributed by atoms with Crippen molar-refractivity contribution < 1.29 is 19.1 Å². The molecule has 0 bridgehead atoms. The molecule has 29 heavy (non-hydrogen) atoms. The summed E-state index contributed by atoms with van der Waals surface area (Å²) >= 11 is 0. The molecule has 1 aliphatic rings. The third-order valence-electron chi connectivity index (χ3n) is 5.14. The molecule has 0 saturated carbocycles. The Morgan fingerprint density at radius 1 is 0.897 bits per heavy atom. The molecule has 1 saturated heterocycles. The van der Waals surface area contributed by atoms with Crippen LogP contribution in [0.3, 0.4) is 0 Å². The number of ether oxygens (including phenoxy) is 2. The van der Waals surface area contributed by atoms with Gasteiger partial charge in [0.2, 0.25) is 0 Å². The lowest BCUT2D eigenvalue weighted by Crippen LogP contribution is -2.38. The van der Waals surface area contributed by atoms with Crippen molar-refractivity contribution in [3.63, 3.8) is 0 Å². The van der Waals surface area contributed by atoms with Gasteiger partial charge >= 0.3 is 11.8 Å². The van der Waals surface area contributed by atoms with E-state index in [-0.39, 0.29) is 6.29 Å². The monoisotopic (exact) mass is 410 g/mol. The van der Waals surface area contributed by atoms with Crippen LogP contribution in [0.5, 0.6) is 0 Å². The molecular formula is C23H42N2O4. The fourth-order valence-corrected chi connectivity index (χ4v) is 3.32. The van der Waals surface area contributed by atoms with E-state index in [1.54, 1.807) is 0 Å². The van der Waals surface area contributed by atoms with Crippen molar-refractivity contribution in [3.05, 3.63) is 12.2 Å². The molecule has 1 atom stereocenters. The lowest BCUT2D eigenvalue weighted by atomic mass is 10.1. The van der Waals surface area contributed by atoms with Crippen LogP contribution in [0.15, 0.2) is 12.2 Å². The first kappa shape index (κ1) is 25.6. The van der Waals surface area contributed by atoms with E-state index in [1.165, 1.54) is 58.4 Å². The number of hydrogen-bond acceptors (Lipinski definition) is 4. The fraction of sp³-hybridized carbons (Fsp3) is 0.826. The maximum Gasteiger partial charge on any atom is 0.309 e. The maximum absolute atomic E-state index is 11.2. The molecule has 0 radical (unpaired) electrons. The minimum Gasteiger partial charge on any atom is -0.353 e. The number of unbranched alkanes of at least 4 members (excludes halogenated alkanes) is 9. The molecule has 1 unspecified atom stereocenters. The van der Waals surface area contributed by atoms with Gasteiger partial charge in [-0.05, 0) is 57.8 Å². The third-order valence-corrected chi connectivity index (χ3v) is 5.14. The lowest BCUT2D eigenvalue weighted by molar-refractivity contribution is -0.162.